The van der Waals surface area contributed by atoms with E-state index in [4.69, 9.17) is 0 Å². The molecule has 1 fully saturated rings. The fourth-order valence-electron chi connectivity index (χ4n) is 4.09. The first-order valence-electron chi connectivity index (χ1n) is 9.40. The van der Waals surface area contributed by atoms with Crippen LogP contribution in [0.25, 0.3) is 5.78 Å². The van der Waals surface area contributed by atoms with Crippen LogP contribution in [0.4, 0.5) is 0 Å². The fourth-order valence-corrected chi connectivity index (χ4v) is 4.09. The summed E-state index contributed by atoms with van der Waals surface area (Å²) < 4.78 is 3.81. The Kier molecular flexibility index (Phi) is 4.41. The molecule has 1 atom stereocenters. The monoisotopic (exact) mass is 367 g/mol. The Hall–Kier alpha value is -2.77. The van der Waals surface area contributed by atoms with Crippen molar-refractivity contribution in [1.29, 1.82) is 0 Å². The number of amides is 1. The van der Waals surface area contributed by atoms with Crippen LogP contribution in [0.2, 0.25) is 0 Å². The lowest BCUT2D eigenvalue weighted by molar-refractivity contribution is -0.130. The molecule has 0 aliphatic carbocycles. The summed E-state index contributed by atoms with van der Waals surface area (Å²) in [7, 11) is 0. The Bertz CT molecular complexity index is 1000. The lowest BCUT2D eigenvalue weighted by Crippen LogP contribution is -2.29. The van der Waals surface area contributed by atoms with Crippen LogP contribution in [0.1, 0.15) is 47.2 Å². The number of hydrogen-bond acceptors (Lipinski definition) is 5. The Morgan fingerprint density at radius 2 is 2.07 bits per heavy atom. The lowest BCUT2D eigenvalue weighted by Gasteiger charge is -2.18. The minimum atomic E-state index is 0.191. The number of carbonyl (C=O) groups is 1. The molecule has 3 aromatic rings. The lowest BCUT2D eigenvalue weighted by atomic mass is 10.1. The van der Waals surface area contributed by atoms with E-state index in [0.717, 1.165) is 47.8 Å². The zero-order valence-electron chi connectivity index (χ0n) is 16.3. The molecule has 0 spiro atoms. The van der Waals surface area contributed by atoms with E-state index in [1.165, 1.54) is 6.33 Å². The topological polar surface area (TPSA) is 81.2 Å². The Morgan fingerprint density at radius 1 is 1.26 bits per heavy atom. The average Bonchev–Trinajstić information content (AvgIpc) is 3.34. The highest BCUT2D eigenvalue weighted by Crippen LogP contribution is 2.24. The van der Waals surface area contributed by atoms with E-state index in [0.29, 0.717) is 18.6 Å². The largest absolute Gasteiger partial charge is 0.340 e. The van der Waals surface area contributed by atoms with Gasteiger partial charge in [-0.25, -0.2) is 9.50 Å². The van der Waals surface area contributed by atoms with Gasteiger partial charge in [-0.2, -0.15) is 15.2 Å². The van der Waals surface area contributed by atoms with Crippen LogP contribution >= 0.6 is 0 Å². The summed E-state index contributed by atoms with van der Waals surface area (Å²) in [4.78, 5) is 23.4. The van der Waals surface area contributed by atoms with Gasteiger partial charge in [0.25, 0.3) is 5.78 Å². The predicted octanol–water partition coefficient (Wildman–Crippen LogP) is 1.96. The van der Waals surface area contributed by atoms with Gasteiger partial charge in [-0.1, -0.05) is 0 Å². The van der Waals surface area contributed by atoms with E-state index in [1.807, 2.05) is 25.7 Å². The van der Waals surface area contributed by atoms with Gasteiger partial charge in [0.15, 0.2) is 0 Å². The summed E-state index contributed by atoms with van der Waals surface area (Å²) >= 11 is 0. The minimum Gasteiger partial charge on any atom is -0.340 e. The maximum absolute atomic E-state index is 12.8. The first-order chi connectivity index (χ1) is 12.9. The summed E-state index contributed by atoms with van der Waals surface area (Å²) in [5, 5.41) is 8.80. The number of aryl methyl sites for hydroxylation is 4. The molecule has 0 aromatic carbocycles. The standard InChI is InChI=1S/C19H25N7O/c1-12-9-13(2)25(23-12)16-7-8-24(10-16)18(27)6-5-17-14(3)22-19-20-11-21-26(19)15(17)4/h9,11,16H,5-8,10H2,1-4H3/t16-/m0/s1. The third kappa shape index (κ3) is 3.20. The third-order valence-electron chi connectivity index (χ3n) is 5.48. The number of nitrogens with zero attached hydrogens (tertiary/aromatic N) is 7. The molecule has 4 rings (SSSR count). The van der Waals surface area contributed by atoms with E-state index >= 15 is 0 Å². The van der Waals surface area contributed by atoms with Crippen molar-refractivity contribution < 1.29 is 4.79 Å². The number of aromatic nitrogens is 6. The first-order valence-corrected chi connectivity index (χ1v) is 9.40. The number of hydrogen-bond donors (Lipinski definition) is 0. The van der Waals surface area contributed by atoms with E-state index in [9.17, 15) is 4.79 Å². The minimum absolute atomic E-state index is 0.191. The smallest absolute Gasteiger partial charge is 0.252 e. The summed E-state index contributed by atoms with van der Waals surface area (Å²) in [5.41, 5.74) is 5.19. The molecule has 3 aromatic heterocycles. The molecule has 1 aliphatic heterocycles. The number of rotatable bonds is 4. The van der Waals surface area contributed by atoms with Crippen LogP contribution < -0.4 is 0 Å². The van der Waals surface area contributed by atoms with Gasteiger partial charge in [0.2, 0.25) is 5.91 Å². The van der Waals surface area contributed by atoms with E-state index < -0.39 is 0 Å². The molecule has 8 heteroatoms. The number of carbonyl (C=O) groups excluding carboxylic acids is 1. The molecule has 0 radical (unpaired) electrons. The highest BCUT2D eigenvalue weighted by molar-refractivity contribution is 5.76. The SMILES string of the molecule is Cc1cc(C)n([C@H]2CCN(C(=O)CCc3c(C)nc4ncnn4c3C)C2)n1. The third-order valence-corrected chi connectivity index (χ3v) is 5.48. The molecule has 8 nitrogen and oxygen atoms in total. The predicted molar refractivity (Wildman–Crippen MR) is 101 cm³/mol. The normalized spacial score (nSPS) is 17.2. The van der Waals surface area contributed by atoms with Gasteiger partial charge < -0.3 is 4.90 Å². The van der Waals surface area contributed by atoms with Crippen LogP contribution in [0.15, 0.2) is 12.4 Å². The van der Waals surface area contributed by atoms with Crippen molar-refractivity contribution in [2.75, 3.05) is 13.1 Å². The quantitative estimate of drug-likeness (QED) is 0.704. The maximum Gasteiger partial charge on any atom is 0.252 e. The van der Waals surface area contributed by atoms with Crippen LogP contribution in [0, 0.1) is 27.7 Å². The van der Waals surface area contributed by atoms with E-state index in [1.54, 1.807) is 4.52 Å². The van der Waals surface area contributed by atoms with Crippen molar-refractivity contribution in [2.24, 2.45) is 0 Å². The summed E-state index contributed by atoms with van der Waals surface area (Å²) in [5.74, 6) is 0.795. The van der Waals surface area contributed by atoms with Crippen molar-refractivity contribution in [3.05, 3.63) is 40.7 Å². The van der Waals surface area contributed by atoms with Crippen molar-refractivity contribution in [1.82, 2.24) is 34.3 Å². The zero-order valence-corrected chi connectivity index (χ0v) is 16.3. The highest BCUT2D eigenvalue weighted by atomic mass is 16.2. The van der Waals surface area contributed by atoms with Gasteiger partial charge in [0, 0.05) is 36.6 Å². The fraction of sp³-hybridized carbons (Fsp3) is 0.526. The van der Waals surface area contributed by atoms with Crippen LogP contribution in [-0.4, -0.2) is 53.3 Å². The first kappa shape index (κ1) is 17.6. The van der Waals surface area contributed by atoms with Gasteiger partial charge in [-0.3, -0.25) is 9.48 Å². The molecular formula is C19H25N7O. The molecule has 0 N–H and O–H groups in total. The Balaban J connectivity index is 1.42. The maximum atomic E-state index is 12.8. The molecule has 4 heterocycles. The molecule has 142 valence electrons. The number of fused-ring (bicyclic) bond motifs is 1. The second kappa shape index (κ2) is 6.75. The molecular weight excluding hydrogens is 342 g/mol. The van der Waals surface area contributed by atoms with Gasteiger partial charge in [-0.15, -0.1) is 0 Å². The average molecular weight is 367 g/mol. The van der Waals surface area contributed by atoms with Crippen molar-refractivity contribution in [3.8, 4) is 0 Å². The number of likely N-dealkylation sites (tertiary alicyclic amines) is 1. The van der Waals surface area contributed by atoms with Crippen molar-refractivity contribution in [2.45, 2.75) is 53.0 Å². The van der Waals surface area contributed by atoms with Crippen LogP contribution in [0.3, 0.4) is 0 Å². The molecule has 0 saturated carbocycles. The molecule has 0 unspecified atom stereocenters. The van der Waals surface area contributed by atoms with Gasteiger partial charge >= 0.3 is 0 Å². The highest BCUT2D eigenvalue weighted by Gasteiger charge is 2.28. The summed E-state index contributed by atoms with van der Waals surface area (Å²) in [6.45, 7) is 9.58. The van der Waals surface area contributed by atoms with Crippen molar-refractivity contribution in [3.63, 3.8) is 0 Å². The molecule has 1 aliphatic rings. The summed E-state index contributed by atoms with van der Waals surface area (Å²) in [6, 6.07) is 2.36. The molecule has 0 bridgehead atoms. The zero-order chi connectivity index (χ0) is 19.1. The summed E-state index contributed by atoms with van der Waals surface area (Å²) in [6.07, 6.45) is 3.61. The van der Waals surface area contributed by atoms with E-state index in [2.05, 4.69) is 37.8 Å². The second-order valence-electron chi connectivity index (χ2n) is 7.39. The van der Waals surface area contributed by atoms with Crippen molar-refractivity contribution >= 4 is 11.7 Å². The Morgan fingerprint density at radius 3 is 2.81 bits per heavy atom. The second-order valence-corrected chi connectivity index (χ2v) is 7.39. The molecule has 27 heavy (non-hydrogen) atoms. The van der Waals surface area contributed by atoms with Gasteiger partial charge in [-0.05, 0) is 52.2 Å². The molecule has 1 saturated heterocycles. The van der Waals surface area contributed by atoms with Crippen LogP contribution in [0.5, 0.6) is 0 Å². The van der Waals surface area contributed by atoms with Crippen LogP contribution in [-0.2, 0) is 11.2 Å². The van der Waals surface area contributed by atoms with E-state index in [-0.39, 0.29) is 11.9 Å². The van der Waals surface area contributed by atoms with Gasteiger partial charge in [0.05, 0.1) is 11.7 Å². The Labute approximate surface area is 158 Å². The molecule has 1 amide bonds. The van der Waals surface area contributed by atoms with Gasteiger partial charge in [0.1, 0.15) is 6.33 Å².